The molecule has 0 aliphatic heterocycles. The van der Waals surface area contributed by atoms with Gasteiger partial charge in [0.25, 0.3) is 0 Å². The van der Waals surface area contributed by atoms with Crippen molar-refractivity contribution in [1.82, 2.24) is 0 Å². The Kier molecular flexibility index (Phi) is 2.91. The van der Waals surface area contributed by atoms with Gasteiger partial charge in [0, 0.05) is 5.56 Å². The molecule has 0 saturated heterocycles. The van der Waals surface area contributed by atoms with Gasteiger partial charge >= 0.3 is 0 Å². The molecule has 2 aromatic rings. The number of phenolic OH excluding ortho intramolecular Hbond substituents is 3. The third kappa shape index (κ3) is 2.18. The molecule has 0 heterocycles. The monoisotopic (exact) mass is 230 g/mol. The quantitative estimate of drug-likeness (QED) is 0.695. The largest absolute Gasteiger partial charge is 0.508 e. The molecule has 3 nitrogen and oxygen atoms in total. The summed E-state index contributed by atoms with van der Waals surface area (Å²) in [6.07, 6.45) is 0.652. The van der Waals surface area contributed by atoms with Crippen LogP contribution in [0.5, 0.6) is 17.2 Å². The summed E-state index contributed by atoms with van der Waals surface area (Å²) in [5, 5.41) is 29.1. The minimum Gasteiger partial charge on any atom is -0.508 e. The van der Waals surface area contributed by atoms with E-state index in [4.69, 9.17) is 0 Å². The maximum atomic E-state index is 9.90. The van der Waals surface area contributed by atoms with Crippen molar-refractivity contribution in [2.75, 3.05) is 0 Å². The molecule has 2 aromatic carbocycles. The van der Waals surface area contributed by atoms with Gasteiger partial charge in [-0.1, -0.05) is 19.1 Å². The average molecular weight is 230 g/mol. The fourth-order valence-electron chi connectivity index (χ4n) is 1.81. The van der Waals surface area contributed by atoms with Gasteiger partial charge in [0.1, 0.15) is 17.2 Å². The van der Waals surface area contributed by atoms with Crippen LogP contribution in [0.15, 0.2) is 36.4 Å². The highest BCUT2D eigenvalue weighted by Gasteiger charge is 2.09. The van der Waals surface area contributed by atoms with Gasteiger partial charge in [-0.25, -0.2) is 0 Å². The summed E-state index contributed by atoms with van der Waals surface area (Å²) in [7, 11) is 0. The van der Waals surface area contributed by atoms with Gasteiger partial charge in [-0.15, -0.1) is 0 Å². The van der Waals surface area contributed by atoms with Gasteiger partial charge in [-0.2, -0.15) is 0 Å². The van der Waals surface area contributed by atoms with Gasteiger partial charge in [0.2, 0.25) is 0 Å². The lowest BCUT2D eigenvalue weighted by atomic mass is 10.0. The zero-order valence-corrected chi connectivity index (χ0v) is 9.51. The molecule has 0 bridgehead atoms. The lowest BCUT2D eigenvalue weighted by molar-refractivity contribution is 0.456. The summed E-state index contributed by atoms with van der Waals surface area (Å²) in [5.41, 5.74) is 1.88. The number of rotatable bonds is 2. The molecule has 0 aromatic heterocycles. The Balaban J connectivity index is 2.56. The molecular weight excluding hydrogens is 216 g/mol. The predicted molar refractivity (Wildman–Crippen MR) is 66.3 cm³/mol. The summed E-state index contributed by atoms with van der Waals surface area (Å²) >= 11 is 0. The third-order valence-electron chi connectivity index (χ3n) is 2.74. The van der Waals surface area contributed by atoms with Crippen molar-refractivity contribution < 1.29 is 15.3 Å². The smallest absolute Gasteiger partial charge is 0.123 e. The molecule has 0 saturated carbocycles. The molecule has 3 heteroatoms. The van der Waals surface area contributed by atoms with E-state index in [0.29, 0.717) is 23.1 Å². The van der Waals surface area contributed by atoms with E-state index in [-0.39, 0.29) is 17.2 Å². The summed E-state index contributed by atoms with van der Waals surface area (Å²) in [6, 6.07) is 9.62. The first-order valence-corrected chi connectivity index (χ1v) is 5.46. The molecule has 0 unspecified atom stereocenters. The number of hydrogen-bond acceptors (Lipinski definition) is 3. The third-order valence-corrected chi connectivity index (χ3v) is 2.74. The average Bonchev–Trinajstić information content (AvgIpc) is 2.31. The molecule has 0 radical (unpaired) electrons. The van der Waals surface area contributed by atoms with Crippen LogP contribution in [0.3, 0.4) is 0 Å². The van der Waals surface area contributed by atoms with E-state index in [1.54, 1.807) is 30.3 Å². The van der Waals surface area contributed by atoms with Gasteiger partial charge in [0.05, 0.1) is 0 Å². The maximum Gasteiger partial charge on any atom is 0.123 e. The molecule has 17 heavy (non-hydrogen) atoms. The molecule has 88 valence electrons. The van der Waals surface area contributed by atoms with E-state index in [0.717, 1.165) is 0 Å². The van der Waals surface area contributed by atoms with Crippen molar-refractivity contribution in [3.8, 4) is 28.4 Å². The summed E-state index contributed by atoms with van der Waals surface area (Å²) < 4.78 is 0. The Morgan fingerprint density at radius 3 is 2.35 bits per heavy atom. The molecule has 0 atom stereocenters. The zero-order chi connectivity index (χ0) is 12.4. The van der Waals surface area contributed by atoms with Crippen molar-refractivity contribution in [3.05, 3.63) is 42.0 Å². The van der Waals surface area contributed by atoms with Crippen LogP contribution >= 0.6 is 0 Å². The lowest BCUT2D eigenvalue weighted by Crippen LogP contribution is -1.85. The zero-order valence-electron chi connectivity index (χ0n) is 9.51. The molecule has 2 rings (SSSR count). The highest BCUT2D eigenvalue weighted by molar-refractivity contribution is 5.73. The molecule has 3 N–H and O–H groups in total. The van der Waals surface area contributed by atoms with Crippen LogP contribution in [0.2, 0.25) is 0 Å². The molecule has 0 amide bonds. The second-order valence-corrected chi connectivity index (χ2v) is 3.90. The van der Waals surface area contributed by atoms with Crippen molar-refractivity contribution >= 4 is 0 Å². The molecule has 0 aliphatic carbocycles. The van der Waals surface area contributed by atoms with Crippen molar-refractivity contribution in [1.29, 1.82) is 0 Å². The van der Waals surface area contributed by atoms with Crippen molar-refractivity contribution in [3.63, 3.8) is 0 Å². The van der Waals surface area contributed by atoms with Crippen LogP contribution < -0.4 is 0 Å². The van der Waals surface area contributed by atoms with Gasteiger partial charge in [0.15, 0.2) is 0 Å². The first kappa shape index (κ1) is 11.3. The Bertz CT molecular complexity index is 547. The van der Waals surface area contributed by atoms with Crippen LogP contribution in [0.4, 0.5) is 0 Å². The molecule has 0 aliphatic rings. The van der Waals surface area contributed by atoms with Crippen LogP contribution in [-0.2, 0) is 6.42 Å². The number of hydrogen-bond donors (Lipinski definition) is 3. The summed E-state index contributed by atoms with van der Waals surface area (Å²) in [5.74, 6) is 0.384. The summed E-state index contributed by atoms with van der Waals surface area (Å²) in [4.78, 5) is 0. The van der Waals surface area contributed by atoms with Crippen molar-refractivity contribution in [2.24, 2.45) is 0 Å². The first-order valence-electron chi connectivity index (χ1n) is 5.46. The van der Waals surface area contributed by atoms with E-state index in [1.807, 2.05) is 6.92 Å². The van der Waals surface area contributed by atoms with Gasteiger partial charge in [-0.3, -0.25) is 0 Å². The molecule has 0 fully saturated rings. The fraction of sp³-hybridized carbons (Fsp3) is 0.143. The highest BCUT2D eigenvalue weighted by atomic mass is 16.3. The van der Waals surface area contributed by atoms with E-state index in [2.05, 4.69) is 0 Å². The Hall–Kier alpha value is -2.16. The standard InChI is InChI=1S/C14H14O3/c1-2-9-7-14(17)12(8-13(9)16)10-4-3-5-11(15)6-10/h3-8,15-17H,2H2,1H3. The number of benzene rings is 2. The minimum absolute atomic E-state index is 0.102. The lowest BCUT2D eigenvalue weighted by Gasteiger charge is -2.09. The number of aromatic hydroxyl groups is 3. The number of aryl methyl sites for hydroxylation is 1. The highest BCUT2D eigenvalue weighted by Crippen LogP contribution is 2.36. The Morgan fingerprint density at radius 2 is 1.71 bits per heavy atom. The van der Waals surface area contributed by atoms with E-state index in [1.165, 1.54) is 6.07 Å². The topological polar surface area (TPSA) is 60.7 Å². The second kappa shape index (κ2) is 4.37. The fourth-order valence-corrected chi connectivity index (χ4v) is 1.81. The van der Waals surface area contributed by atoms with Gasteiger partial charge in [-0.05, 0) is 41.8 Å². The van der Waals surface area contributed by atoms with Gasteiger partial charge < -0.3 is 15.3 Å². The SMILES string of the molecule is CCc1cc(O)c(-c2cccc(O)c2)cc1O. The van der Waals surface area contributed by atoms with E-state index in [9.17, 15) is 15.3 Å². The van der Waals surface area contributed by atoms with Crippen LogP contribution in [-0.4, -0.2) is 15.3 Å². The minimum atomic E-state index is 0.102. The molecule has 0 spiro atoms. The molecular formula is C14H14O3. The Labute approximate surface area is 99.6 Å². The van der Waals surface area contributed by atoms with Crippen LogP contribution in [0, 0.1) is 0 Å². The summed E-state index contributed by atoms with van der Waals surface area (Å²) in [6.45, 7) is 1.91. The second-order valence-electron chi connectivity index (χ2n) is 3.90. The van der Waals surface area contributed by atoms with Crippen molar-refractivity contribution in [2.45, 2.75) is 13.3 Å². The first-order chi connectivity index (χ1) is 8.11. The van der Waals surface area contributed by atoms with E-state index >= 15 is 0 Å². The Morgan fingerprint density at radius 1 is 0.941 bits per heavy atom. The predicted octanol–water partition coefficient (Wildman–Crippen LogP) is 3.03. The van der Waals surface area contributed by atoms with Crippen LogP contribution in [0.1, 0.15) is 12.5 Å². The number of phenols is 3. The van der Waals surface area contributed by atoms with Crippen LogP contribution in [0.25, 0.3) is 11.1 Å². The maximum absolute atomic E-state index is 9.90. The normalized spacial score (nSPS) is 10.4. The van der Waals surface area contributed by atoms with E-state index < -0.39 is 0 Å².